The van der Waals surface area contributed by atoms with Crippen molar-refractivity contribution in [3.05, 3.63) is 35.4 Å². The third-order valence-corrected chi connectivity index (χ3v) is 3.69. The summed E-state index contributed by atoms with van der Waals surface area (Å²) in [6, 6.07) is 10.7. The van der Waals surface area contributed by atoms with Crippen molar-refractivity contribution in [2.75, 3.05) is 13.1 Å². The fourth-order valence-electron chi connectivity index (χ4n) is 2.76. The van der Waals surface area contributed by atoms with E-state index >= 15 is 0 Å². The first-order chi connectivity index (χ1) is 8.83. The van der Waals surface area contributed by atoms with E-state index in [9.17, 15) is 0 Å². The van der Waals surface area contributed by atoms with Gasteiger partial charge in [0.05, 0.1) is 11.6 Å². The van der Waals surface area contributed by atoms with E-state index in [0.29, 0.717) is 6.04 Å². The van der Waals surface area contributed by atoms with E-state index in [1.807, 2.05) is 18.2 Å². The minimum absolute atomic E-state index is 0.620. The van der Waals surface area contributed by atoms with E-state index in [-0.39, 0.29) is 0 Å². The molecule has 1 atom stereocenters. The third kappa shape index (κ3) is 3.32. The van der Waals surface area contributed by atoms with Crippen molar-refractivity contribution >= 4 is 0 Å². The maximum atomic E-state index is 8.92. The summed E-state index contributed by atoms with van der Waals surface area (Å²) in [5, 5.41) is 8.92. The van der Waals surface area contributed by atoms with Crippen molar-refractivity contribution in [1.29, 1.82) is 5.26 Å². The van der Waals surface area contributed by atoms with Crippen molar-refractivity contribution in [2.24, 2.45) is 5.73 Å². The maximum absolute atomic E-state index is 8.92. The van der Waals surface area contributed by atoms with Crippen LogP contribution in [0.2, 0.25) is 0 Å². The lowest BCUT2D eigenvalue weighted by molar-refractivity contribution is 0.134. The molecule has 2 rings (SSSR count). The predicted octanol–water partition coefficient (Wildman–Crippen LogP) is 2.26. The molecular formula is C15H21N3. The van der Waals surface area contributed by atoms with Crippen LogP contribution in [0.25, 0.3) is 0 Å². The highest BCUT2D eigenvalue weighted by molar-refractivity contribution is 5.32. The van der Waals surface area contributed by atoms with Gasteiger partial charge in [0, 0.05) is 12.6 Å². The Hall–Kier alpha value is -1.37. The predicted molar refractivity (Wildman–Crippen MR) is 72.9 cm³/mol. The number of nitrogens with zero attached hydrogens (tertiary/aromatic N) is 2. The minimum Gasteiger partial charge on any atom is -0.330 e. The van der Waals surface area contributed by atoms with Crippen LogP contribution in [0.4, 0.5) is 0 Å². The molecule has 2 N–H and O–H groups in total. The van der Waals surface area contributed by atoms with Crippen molar-refractivity contribution in [3.8, 4) is 6.07 Å². The largest absolute Gasteiger partial charge is 0.330 e. The zero-order valence-corrected chi connectivity index (χ0v) is 10.8. The zero-order chi connectivity index (χ0) is 12.8. The van der Waals surface area contributed by atoms with Gasteiger partial charge >= 0.3 is 0 Å². The Bertz CT molecular complexity index is 420. The molecule has 1 aromatic rings. The van der Waals surface area contributed by atoms with Gasteiger partial charge in [-0.1, -0.05) is 18.6 Å². The number of nitriles is 1. The van der Waals surface area contributed by atoms with Crippen LogP contribution in [0.3, 0.4) is 0 Å². The van der Waals surface area contributed by atoms with E-state index in [4.69, 9.17) is 11.0 Å². The first kappa shape index (κ1) is 13.1. The molecule has 0 spiro atoms. The van der Waals surface area contributed by atoms with Gasteiger partial charge in [-0.3, -0.25) is 4.90 Å². The molecule has 96 valence electrons. The van der Waals surface area contributed by atoms with Crippen LogP contribution < -0.4 is 5.73 Å². The SMILES string of the molecule is N#Cc1cccc(CN2CCCCC2CCN)c1. The van der Waals surface area contributed by atoms with E-state index in [2.05, 4.69) is 17.0 Å². The standard InChI is InChI=1S/C15H21N3/c16-8-7-15-6-1-2-9-18(15)12-14-5-3-4-13(10-14)11-17/h3-5,10,15H,1-2,6-9,12,16H2. The van der Waals surface area contributed by atoms with E-state index < -0.39 is 0 Å². The van der Waals surface area contributed by atoms with Gasteiger partial charge in [0.2, 0.25) is 0 Å². The number of nitrogens with two attached hydrogens (primary N) is 1. The van der Waals surface area contributed by atoms with Gasteiger partial charge in [-0.2, -0.15) is 5.26 Å². The van der Waals surface area contributed by atoms with Gasteiger partial charge in [-0.05, 0) is 50.0 Å². The summed E-state index contributed by atoms with van der Waals surface area (Å²) in [7, 11) is 0. The quantitative estimate of drug-likeness (QED) is 0.882. The van der Waals surface area contributed by atoms with E-state index in [1.165, 1.54) is 24.8 Å². The Labute approximate surface area is 109 Å². The second-order valence-electron chi connectivity index (χ2n) is 5.01. The fourth-order valence-corrected chi connectivity index (χ4v) is 2.76. The topological polar surface area (TPSA) is 53.0 Å². The van der Waals surface area contributed by atoms with Crippen LogP contribution in [-0.2, 0) is 6.54 Å². The summed E-state index contributed by atoms with van der Waals surface area (Å²) in [5.41, 5.74) is 7.68. The molecule has 1 heterocycles. The second-order valence-corrected chi connectivity index (χ2v) is 5.01. The minimum atomic E-state index is 0.620. The number of rotatable bonds is 4. The summed E-state index contributed by atoms with van der Waals surface area (Å²) >= 11 is 0. The molecular weight excluding hydrogens is 222 g/mol. The van der Waals surface area contributed by atoms with Crippen LogP contribution in [0.5, 0.6) is 0 Å². The molecule has 1 unspecified atom stereocenters. The lowest BCUT2D eigenvalue weighted by Gasteiger charge is -2.35. The molecule has 1 aromatic carbocycles. The molecule has 18 heavy (non-hydrogen) atoms. The van der Waals surface area contributed by atoms with Crippen LogP contribution in [0, 0.1) is 11.3 Å². The molecule has 0 aliphatic carbocycles. The lowest BCUT2D eigenvalue weighted by Crippen LogP contribution is -2.40. The average molecular weight is 243 g/mol. The molecule has 1 aliphatic rings. The van der Waals surface area contributed by atoms with E-state index in [0.717, 1.165) is 31.6 Å². The van der Waals surface area contributed by atoms with Crippen molar-refractivity contribution < 1.29 is 0 Å². The highest BCUT2D eigenvalue weighted by atomic mass is 15.2. The molecule has 0 aromatic heterocycles. The molecule has 1 fully saturated rings. The van der Waals surface area contributed by atoms with Gasteiger partial charge in [0.1, 0.15) is 0 Å². The lowest BCUT2D eigenvalue weighted by atomic mass is 9.98. The zero-order valence-electron chi connectivity index (χ0n) is 10.8. The molecule has 1 saturated heterocycles. The molecule has 0 radical (unpaired) electrons. The van der Waals surface area contributed by atoms with Crippen molar-refractivity contribution in [3.63, 3.8) is 0 Å². The number of hydrogen-bond acceptors (Lipinski definition) is 3. The Morgan fingerprint density at radius 3 is 3.06 bits per heavy atom. The van der Waals surface area contributed by atoms with Crippen LogP contribution in [-0.4, -0.2) is 24.0 Å². The number of piperidine rings is 1. The summed E-state index contributed by atoms with van der Waals surface area (Å²) in [6.45, 7) is 2.86. The second kappa shape index (κ2) is 6.53. The van der Waals surface area contributed by atoms with Gasteiger partial charge in [0.25, 0.3) is 0 Å². The van der Waals surface area contributed by atoms with Crippen molar-refractivity contribution in [2.45, 2.75) is 38.3 Å². The summed E-state index contributed by atoms with van der Waals surface area (Å²) in [4.78, 5) is 2.52. The maximum Gasteiger partial charge on any atom is 0.0991 e. The van der Waals surface area contributed by atoms with Crippen LogP contribution in [0.1, 0.15) is 36.8 Å². The van der Waals surface area contributed by atoms with Crippen LogP contribution in [0.15, 0.2) is 24.3 Å². The molecule has 0 amide bonds. The highest BCUT2D eigenvalue weighted by Crippen LogP contribution is 2.21. The molecule has 3 nitrogen and oxygen atoms in total. The smallest absolute Gasteiger partial charge is 0.0991 e. The van der Waals surface area contributed by atoms with Crippen LogP contribution >= 0.6 is 0 Å². The fraction of sp³-hybridized carbons (Fsp3) is 0.533. The number of hydrogen-bond donors (Lipinski definition) is 1. The third-order valence-electron chi connectivity index (χ3n) is 3.69. The Kier molecular flexibility index (Phi) is 4.74. The summed E-state index contributed by atoms with van der Waals surface area (Å²) in [6.07, 6.45) is 4.94. The van der Waals surface area contributed by atoms with Crippen molar-refractivity contribution in [1.82, 2.24) is 4.90 Å². The van der Waals surface area contributed by atoms with E-state index in [1.54, 1.807) is 0 Å². The molecule has 3 heteroatoms. The molecule has 1 aliphatic heterocycles. The highest BCUT2D eigenvalue weighted by Gasteiger charge is 2.21. The first-order valence-corrected chi connectivity index (χ1v) is 6.76. The first-order valence-electron chi connectivity index (χ1n) is 6.76. The Morgan fingerprint density at radius 1 is 1.39 bits per heavy atom. The Balaban J connectivity index is 2.03. The normalized spacial score (nSPS) is 20.6. The monoisotopic (exact) mass is 243 g/mol. The Morgan fingerprint density at radius 2 is 2.28 bits per heavy atom. The van der Waals surface area contributed by atoms with Gasteiger partial charge in [0.15, 0.2) is 0 Å². The molecule has 0 bridgehead atoms. The summed E-state index contributed by atoms with van der Waals surface area (Å²) < 4.78 is 0. The summed E-state index contributed by atoms with van der Waals surface area (Å²) in [5.74, 6) is 0. The number of likely N-dealkylation sites (tertiary alicyclic amines) is 1. The van der Waals surface area contributed by atoms with Gasteiger partial charge < -0.3 is 5.73 Å². The molecule has 0 saturated carbocycles. The van der Waals surface area contributed by atoms with Gasteiger partial charge in [-0.15, -0.1) is 0 Å². The average Bonchev–Trinajstić information content (AvgIpc) is 2.41. The van der Waals surface area contributed by atoms with Gasteiger partial charge in [-0.25, -0.2) is 0 Å². The number of benzene rings is 1.